The average molecular weight is 260 g/mol. The molecule has 2 rings (SSSR count). The summed E-state index contributed by atoms with van der Waals surface area (Å²) in [4.78, 5) is 5.05. The van der Waals surface area contributed by atoms with E-state index in [1.807, 2.05) is 0 Å². The number of piperidine rings is 2. The summed E-state index contributed by atoms with van der Waals surface area (Å²) in [7, 11) is 2.25. The summed E-state index contributed by atoms with van der Waals surface area (Å²) in [5, 5.41) is 1.47. The highest BCUT2D eigenvalue weighted by Gasteiger charge is 2.21. The van der Waals surface area contributed by atoms with Gasteiger partial charge in [-0.25, -0.2) is 0 Å². The molecule has 0 amide bonds. The van der Waals surface area contributed by atoms with Gasteiger partial charge in [0.15, 0.2) is 0 Å². The Morgan fingerprint density at radius 3 is 2.75 bits per heavy atom. The fourth-order valence-corrected chi connectivity index (χ4v) is 4.38. The highest BCUT2D eigenvalue weighted by atomic mass is 32.2. The van der Waals surface area contributed by atoms with E-state index in [2.05, 4.69) is 41.2 Å². The molecular weight excluding hydrogens is 236 g/mol. The summed E-state index contributed by atoms with van der Waals surface area (Å²) in [6.45, 7) is 5.05. The van der Waals surface area contributed by atoms with E-state index >= 15 is 0 Å². The molecule has 1 unspecified atom stereocenters. The molecule has 0 spiro atoms. The van der Waals surface area contributed by atoms with Gasteiger partial charge in [0, 0.05) is 29.5 Å². The summed E-state index contributed by atoms with van der Waals surface area (Å²) in [5.74, 6) is 1.22. The number of likely N-dealkylation sites (tertiary alicyclic amines) is 2. The molecule has 0 N–H and O–H groups in total. The lowest BCUT2D eigenvalue weighted by molar-refractivity contribution is 0.267. The Morgan fingerprint density at radius 2 is 2.00 bits per heavy atom. The molecule has 0 aromatic heterocycles. The first kappa shape index (κ1) is 13.1. The second-order valence-corrected chi connectivity index (χ2v) is 7.18. The van der Waals surface area contributed by atoms with Crippen molar-refractivity contribution < 1.29 is 0 Å². The summed E-state index contributed by atoms with van der Waals surface area (Å²) in [6.07, 6.45) is 5.42. The fraction of sp³-hybridized carbons (Fsp3) is 1.00. The molecule has 2 fully saturated rings. The molecule has 0 saturated carbocycles. The van der Waals surface area contributed by atoms with Crippen molar-refractivity contribution in [1.29, 1.82) is 0 Å². The van der Waals surface area contributed by atoms with Gasteiger partial charge in [-0.15, -0.1) is 11.8 Å². The Kier molecular flexibility index (Phi) is 5.33. The Morgan fingerprint density at radius 1 is 1.19 bits per heavy atom. The minimum Gasteiger partial charge on any atom is -0.305 e. The van der Waals surface area contributed by atoms with Crippen molar-refractivity contribution in [1.82, 2.24) is 9.80 Å². The molecular formula is C12H24N2S2. The average Bonchev–Trinajstić information content (AvgIpc) is 2.27. The molecule has 0 aromatic carbocycles. The molecule has 2 aliphatic heterocycles. The molecule has 2 nitrogen and oxygen atoms in total. The van der Waals surface area contributed by atoms with Crippen LogP contribution in [0.2, 0.25) is 0 Å². The fourth-order valence-electron chi connectivity index (χ4n) is 2.61. The van der Waals surface area contributed by atoms with Crippen LogP contribution in [0.1, 0.15) is 25.7 Å². The van der Waals surface area contributed by atoms with Crippen LogP contribution in [0.15, 0.2) is 0 Å². The molecule has 94 valence electrons. The van der Waals surface area contributed by atoms with Crippen LogP contribution >= 0.6 is 24.4 Å². The summed E-state index contributed by atoms with van der Waals surface area (Å²) < 4.78 is 0. The van der Waals surface area contributed by atoms with Gasteiger partial charge >= 0.3 is 0 Å². The van der Waals surface area contributed by atoms with E-state index in [9.17, 15) is 0 Å². The minimum absolute atomic E-state index is 0.614. The summed E-state index contributed by atoms with van der Waals surface area (Å²) in [5.41, 5.74) is 0. The van der Waals surface area contributed by atoms with Crippen LogP contribution < -0.4 is 0 Å². The highest BCUT2D eigenvalue weighted by Crippen LogP contribution is 2.24. The smallest absolute Gasteiger partial charge is 0.0447 e. The van der Waals surface area contributed by atoms with Crippen molar-refractivity contribution in [2.24, 2.45) is 0 Å². The lowest BCUT2D eigenvalue weighted by Crippen LogP contribution is -2.38. The lowest BCUT2D eigenvalue weighted by atomic mass is 10.1. The largest absolute Gasteiger partial charge is 0.305 e. The van der Waals surface area contributed by atoms with Crippen LogP contribution in [0, 0.1) is 0 Å². The van der Waals surface area contributed by atoms with E-state index in [0.29, 0.717) is 5.25 Å². The van der Waals surface area contributed by atoms with E-state index < -0.39 is 0 Å². The highest BCUT2D eigenvalue weighted by molar-refractivity contribution is 7.99. The molecule has 16 heavy (non-hydrogen) atoms. The first-order chi connectivity index (χ1) is 7.74. The molecule has 2 atom stereocenters. The van der Waals surface area contributed by atoms with E-state index in [-0.39, 0.29) is 0 Å². The molecule has 2 heterocycles. The number of rotatable bonds is 3. The molecule has 0 aliphatic carbocycles. The third-order valence-electron chi connectivity index (χ3n) is 3.55. The van der Waals surface area contributed by atoms with E-state index in [4.69, 9.17) is 0 Å². The minimum atomic E-state index is 0.614. The van der Waals surface area contributed by atoms with Crippen LogP contribution in [-0.2, 0) is 0 Å². The number of thiol groups is 1. The zero-order valence-corrected chi connectivity index (χ0v) is 12.0. The second kappa shape index (κ2) is 6.53. The third kappa shape index (κ3) is 4.13. The number of thioether (sulfide) groups is 1. The third-order valence-corrected chi connectivity index (χ3v) is 5.35. The van der Waals surface area contributed by atoms with Crippen LogP contribution in [0.4, 0.5) is 0 Å². The number of nitrogens with zero attached hydrogens (tertiary/aromatic N) is 2. The van der Waals surface area contributed by atoms with Gasteiger partial charge in [0.1, 0.15) is 0 Å². The molecule has 4 heteroatoms. The zero-order chi connectivity index (χ0) is 11.4. The van der Waals surface area contributed by atoms with Gasteiger partial charge in [-0.05, 0) is 45.8 Å². The quantitative estimate of drug-likeness (QED) is 0.778. The second-order valence-electron chi connectivity index (χ2n) is 5.20. The first-order valence-electron chi connectivity index (χ1n) is 6.44. The normalized spacial score (nSPS) is 34.1. The van der Waals surface area contributed by atoms with Gasteiger partial charge in [0.25, 0.3) is 0 Å². The molecule has 0 aromatic rings. The lowest BCUT2D eigenvalue weighted by Gasteiger charge is -2.33. The van der Waals surface area contributed by atoms with Crippen LogP contribution in [0.5, 0.6) is 0 Å². The SMILES string of the molecule is CN1CCC[C@H](SCN2CCCC(S)C2)C1. The maximum absolute atomic E-state index is 4.60. The predicted octanol–water partition coefficient (Wildman–Crippen LogP) is 2.17. The van der Waals surface area contributed by atoms with Crippen LogP contribution in [0.25, 0.3) is 0 Å². The van der Waals surface area contributed by atoms with E-state index in [1.165, 1.54) is 57.7 Å². The summed E-state index contributed by atoms with van der Waals surface area (Å²) >= 11 is 6.76. The van der Waals surface area contributed by atoms with Crippen molar-refractivity contribution in [2.45, 2.75) is 36.2 Å². The standard InChI is InChI=1S/C12H24N2S2/c1-13-6-3-5-12(9-13)16-10-14-7-2-4-11(15)8-14/h11-12,15H,2-10H2,1H3/t11?,12-/m0/s1. The van der Waals surface area contributed by atoms with Gasteiger partial charge in [0.05, 0.1) is 0 Å². The van der Waals surface area contributed by atoms with Crippen molar-refractivity contribution >= 4 is 24.4 Å². The molecule has 0 bridgehead atoms. The number of hydrogen-bond acceptors (Lipinski definition) is 4. The van der Waals surface area contributed by atoms with Crippen molar-refractivity contribution in [2.75, 3.05) is 39.1 Å². The van der Waals surface area contributed by atoms with Crippen LogP contribution in [-0.4, -0.2) is 59.4 Å². The van der Waals surface area contributed by atoms with E-state index in [1.54, 1.807) is 0 Å². The van der Waals surface area contributed by atoms with Gasteiger partial charge in [-0.3, -0.25) is 4.90 Å². The Balaban J connectivity index is 1.66. The van der Waals surface area contributed by atoms with Crippen molar-refractivity contribution in [3.63, 3.8) is 0 Å². The Hall–Kier alpha value is 0.620. The molecule has 2 saturated heterocycles. The topological polar surface area (TPSA) is 6.48 Å². The maximum Gasteiger partial charge on any atom is 0.0447 e. The van der Waals surface area contributed by atoms with Crippen molar-refractivity contribution in [3.05, 3.63) is 0 Å². The monoisotopic (exact) mass is 260 g/mol. The maximum atomic E-state index is 4.60. The molecule has 2 aliphatic rings. The van der Waals surface area contributed by atoms with Gasteiger partial charge in [-0.2, -0.15) is 12.6 Å². The number of hydrogen-bond donors (Lipinski definition) is 1. The van der Waals surface area contributed by atoms with Crippen molar-refractivity contribution in [3.8, 4) is 0 Å². The predicted molar refractivity (Wildman–Crippen MR) is 76.6 cm³/mol. The zero-order valence-electron chi connectivity index (χ0n) is 10.3. The van der Waals surface area contributed by atoms with Gasteiger partial charge < -0.3 is 4.90 Å². The van der Waals surface area contributed by atoms with Gasteiger partial charge in [-0.1, -0.05) is 0 Å². The van der Waals surface area contributed by atoms with Gasteiger partial charge in [0.2, 0.25) is 0 Å². The molecule has 0 radical (unpaired) electrons. The Bertz CT molecular complexity index is 191. The van der Waals surface area contributed by atoms with Crippen LogP contribution in [0.3, 0.4) is 0 Å². The summed E-state index contributed by atoms with van der Waals surface area (Å²) in [6, 6.07) is 0. The first-order valence-corrected chi connectivity index (χ1v) is 8.01. The Labute approximate surface area is 110 Å². The van der Waals surface area contributed by atoms with E-state index in [0.717, 1.165) is 5.25 Å².